The highest BCUT2D eigenvalue weighted by Crippen LogP contribution is 2.35. The van der Waals surface area contributed by atoms with Crippen LogP contribution in [0.25, 0.3) is 10.4 Å². The smallest absolute Gasteiger partial charge is 0.254 e. The van der Waals surface area contributed by atoms with E-state index in [2.05, 4.69) is 15.7 Å². The van der Waals surface area contributed by atoms with E-state index in [0.717, 1.165) is 22.6 Å². The molecule has 0 unspecified atom stereocenters. The summed E-state index contributed by atoms with van der Waals surface area (Å²) in [5.74, 6) is 5.85. The van der Waals surface area contributed by atoms with Crippen molar-refractivity contribution < 1.29 is 19.6 Å². The van der Waals surface area contributed by atoms with Crippen molar-refractivity contribution in [3.63, 3.8) is 0 Å². The fraction of sp³-hybridized carbons (Fsp3) is 0.278. The van der Waals surface area contributed by atoms with Gasteiger partial charge < -0.3 is 15.2 Å². The zero-order chi connectivity index (χ0) is 18.9. The third-order valence-corrected chi connectivity index (χ3v) is 4.57. The molecular formula is C18H23N3O4S. The van der Waals surface area contributed by atoms with Gasteiger partial charge >= 0.3 is 0 Å². The maximum Gasteiger partial charge on any atom is 0.254 e. The second-order valence-corrected chi connectivity index (χ2v) is 6.50. The number of thiophene rings is 1. The fourth-order valence-electron chi connectivity index (χ4n) is 2.28. The van der Waals surface area contributed by atoms with Gasteiger partial charge in [-0.25, -0.2) is 5.48 Å². The number of carbonyl (C=O) groups excluding carboxylic acids is 1. The average Bonchev–Trinajstić information content (AvgIpc) is 3.04. The lowest BCUT2D eigenvalue weighted by atomic mass is 10.1. The van der Waals surface area contributed by atoms with Crippen LogP contribution in [0.1, 0.15) is 30.6 Å². The number of ether oxygens (including phenoxy) is 1. The third kappa shape index (κ3) is 5.48. The molecule has 1 amide bonds. The van der Waals surface area contributed by atoms with Gasteiger partial charge in [0.25, 0.3) is 5.91 Å². The van der Waals surface area contributed by atoms with E-state index in [0.29, 0.717) is 23.7 Å². The third-order valence-electron chi connectivity index (χ3n) is 3.49. The van der Waals surface area contributed by atoms with E-state index in [1.165, 1.54) is 11.3 Å². The second kappa shape index (κ2) is 9.81. The van der Waals surface area contributed by atoms with Crippen molar-refractivity contribution in [3.8, 4) is 16.2 Å². The van der Waals surface area contributed by atoms with Crippen LogP contribution in [0, 0.1) is 0 Å². The summed E-state index contributed by atoms with van der Waals surface area (Å²) in [7, 11) is 0. The van der Waals surface area contributed by atoms with Gasteiger partial charge in [-0.05, 0) is 55.3 Å². The van der Waals surface area contributed by atoms with Crippen LogP contribution < -0.4 is 16.7 Å². The summed E-state index contributed by atoms with van der Waals surface area (Å²) in [6.07, 6.45) is 2.88. The number of nitrogens with two attached hydrogens (primary N) is 1. The van der Waals surface area contributed by atoms with Crippen LogP contribution in [-0.2, 0) is 9.68 Å². The number of nitrogens with one attached hydrogen (secondary N) is 2. The summed E-state index contributed by atoms with van der Waals surface area (Å²) >= 11 is 1.32. The van der Waals surface area contributed by atoms with E-state index < -0.39 is 0 Å². The summed E-state index contributed by atoms with van der Waals surface area (Å²) in [5.41, 5.74) is 3.82. The minimum Gasteiger partial charge on any atom is -0.508 e. The Hall–Kier alpha value is -2.55. The van der Waals surface area contributed by atoms with Crippen LogP contribution in [0.3, 0.4) is 0 Å². The molecule has 26 heavy (non-hydrogen) atoms. The van der Waals surface area contributed by atoms with Gasteiger partial charge in [-0.1, -0.05) is 6.92 Å². The maximum absolute atomic E-state index is 12.5. The van der Waals surface area contributed by atoms with Gasteiger partial charge in [0.2, 0.25) is 0 Å². The highest BCUT2D eigenvalue weighted by atomic mass is 32.1. The Bertz CT molecular complexity index is 756. The SMILES string of the molecule is CC/C=C(\C)OCCNC(=O)c1cc(-c2ccc(O)cc2)sc1NON. The molecule has 1 heterocycles. The van der Waals surface area contributed by atoms with E-state index in [1.807, 2.05) is 19.9 Å². The molecule has 7 nitrogen and oxygen atoms in total. The van der Waals surface area contributed by atoms with Crippen molar-refractivity contribution in [1.82, 2.24) is 5.32 Å². The van der Waals surface area contributed by atoms with Gasteiger partial charge in [-0.3, -0.25) is 4.79 Å². The summed E-state index contributed by atoms with van der Waals surface area (Å²) in [5, 5.41) is 12.7. The van der Waals surface area contributed by atoms with Gasteiger partial charge in [-0.15, -0.1) is 11.3 Å². The van der Waals surface area contributed by atoms with Crippen LogP contribution >= 0.6 is 11.3 Å². The predicted molar refractivity (Wildman–Crippen MR) is 103 cm³/mol. The first-order valence-corrected chi connectivity index (χ1v) is 8.99. The van der Waals surface area contributed by atoms with Gasteiger partial charge in [-0.2, -0.15) is 10.8 Å². The van der Waals surface area contributed by atoms with Crippen LogP contribution in [0.5, 0.6) is 5.75 Å². The van der Waals surface area contributed by atoms with Crippen molar-refractivity contribution in [2.45, 2.75) is 20.3 Å². The average molecular weight is 377 g/mol. The number of allylic oxidation sites excluding steroid dienone is 2. The molecule has 0 aliphatic rings. The molecule has 5 N–H and O–H groups in total. The Morgan fingerprint density at radius 1 is 1.35 bits per heavy atom. The monoisotopic (exact) mass is 377 g/mol. The number of hydrogen-bond donors (Lipinski definition) is 4. The Morgan fingerprint density at radius 3 is 2.73 bits per heavy atom. The molecule has 0 bridgehead atoms. The van der Waals surface area contributed by atoms with Gasteiger partial charge in [0.1, 0.15) is 17.4 Å². The first-order chi connectivity index (χ1) is 12.5. The number of benzene rings is 1. The maximum atomic E-state index is 12.5. The van der Waals surface area contributed by atoms with E-state index in [9.17, 15) is 9.90 Å². The molecule has 0 atom stereocenters. The Morgan fingerprint density at radius 2 is 2.08 bits per heavy atom. The molecular weight excluding hydrogens is 354 g/mol. The number of aromatic hydroxyl groups is 1. The van der Waals surface area contributed by atoms with E-state index in [1.54, 1.807) is 30.3 Å². The Kier molecular flexibility index (Phi) is 7.46. The Labute approximate surface area is 156 Å². The van der Waals surface area contributed by atoms with Gasteiger partial charge in [0.05, 0.1) is 17.9 Å². The lowest BCUT2D eigenvalue weighted by Gasteiger charge is -2.08. The number of amides is 1. The molecule has 0 saturated heterocycles. The van der Waals surface area contributed by atoms with Crippen molar-refractivity contribution >= 4 is 22.2 Å². The minimum absolute atomic E-state index is 0.180. The highest BCUT2D eigenvalue weighted by molar-refractivity contribution is 7.19. The summed E-state index contributed by atoms with van der Waals surface area (Å²) in [4.78, 5) is 17.8. The van der Waals surface area contributed by atoms with Gasteiger partial charge in [0, 0.05) is 4.88 Å². The first-order valence-electron chi connectivity index (χ1n) is 8.17. The van der Waals surface area contributed by atoms with Crippen molar-refractivity contribution in [3.05, 3.63) is 47.7 Å². The van der Waals surface area contributed by atoms with Crippen molar-refractivity contribution in [2.75, 3.05) is 18.6 Å². The van der Waals surface area contributed by atoms with E-state index in [-0.39, 0.29) is 11.7 Å². The lowest BCUT2D eigenvalue weighted by molar-refractivity contribution is 0.0939. The first kappa shape index (κ1) is 19.8. The second-order valence-electron chi connectivity index (χ2n) is 5.45. The lowest BCUT2D eigenvalue weighted by Crippen LogP contribution is -2.27. The van der Waals surface area contributed by atoms with Crippen LogP contribution in [0.4, 0.5) is 5.00 Å². The molecule has 2 aromatic rings. The molecule has 2 rings (SSSR count). The summed E-state index contributed by atoms with van der Waals surface area (Å²) in [6.45, 7) is 4.68. The number of rotatable bonds is 9. The van der Waals surface area contributed by atoms with Crippen LogP contribution in [0.2, 0.25) is 0 Å². The summed E-state index contributed by atoms with van der Waals surface area (Å²) in [6, 6.07) is 8.46. The topological polar surface area (TPSA) is 106 Å². The molecule has 1 aromatic carbocycles. The Balaban J connectivity index is 2.05. The minimum atomic E-state index is -0.258. The van der Waals surface area contributed by atoms with E-state index >= 15 is 0 Å². The van der Waals surface area contributed by atoms with Crippen molar-refractivity contribution in [2.24, 2.45) is 5.90 Å². The van der Waals surface area contributed by atoms with Crippen LogP contribution in [0.15, 0.2) is 42.2 Å². The van der Waals surface area contributed by atoms with E-state index in [4.69, 9.17) is 10.6 Å². The zero-order valence-electron chi connectivity index (χ0n) is 14.7. The number of anilines is 1. The molecule has 0 aliphatic carbocycles. The molecule has 0 aliphatic heterocycles. The fourth-order valence-corrected chi connectivity index (χ4v) is 3.28. The molecule has 8 heteroatoms. The number of phenolic OH excluding ortho intramolecular Hbond substituents is 1. The molecule has 140 valence electrons. The normalized spacial score (nSPS) is 11.3. The zero-order valence-corrected chi connectivity index (χ0v) is 15.6. The molecule has 1 aromatic heterocycles. The van der Waals surface area contributed by atoms with Crippen molar-refractivity contribution in [1.29, 1.82) is 0 Å². The number of phenols is 1. The number of carbonyl (C=O) groups is 1. The quantitative estimate of drug-likeness (QED) is 0.303. The summed E-state index contributed by atoms with van der Waals surface area (Å²) < 4.78 is 5.50. The molecule has 0 fully saturated rings. The number of hydrogen-bond acceptors (Lipinski definition) is 7. The standard InChI is InChI=1S/C18H23N3O4S/c1-3-4-12(2)24-10-9-20-17(23)15-11-16(26-18(15)21-25-19)13-5-7-14(22)8-6-13/h4-8,11,21-22H,3,9-10,19H2,1-2H3,(H,20,23)/b12-4+. The predicted octanol–water partition coefficient (Wildman–Crippen LogP) is 3.40. The molecule has 0 radical (unpaired) electrons. The van der Waals surface area contributed by atoms with Crippen LogP contribution in [-0.4, -0.2) is 24.2 Å². The van der Waals surface area contributed by atoms with Gasteiger partial charge in [0.15, 0.2) is 0 Å². The molecule has 0 spiro atoms. The largest absolute Gasteiger partial charge is 0.508 e. The molecule has 0 saturated carbocycles. The highest BCUT2D eigenvalue weighted by Gasteiger charge is 2.17.